The summed E-state index contributed by atoms with van der Waals surface area (Å²) in [5.74, 6) is 1.84. The third kappa shape index (κ3) is 3.38. The smallest absolute Gasteiger partial charge is 0.208 e. The molecule has 24 heavy (non-hydrogen) atoms. The molecule has 2 aromatic heterocycles. The van der Waals surface area contributed by atoms with Gasteiger partial charge in [0.15, 0.2) is 6.29 Å². The molecule has 1 aliphatic carbocycles. The number of rotatable bonds is 6. The molecule has 126 valence electrons. The predicted molar refractivity (Wildman–Crippen MR) is 94.8 cm³/mol. The number of hydrogen-bond donors (Lipinski definition) is 1. The maximum absolute atomic E-state index is 12.7. The van der Waals surface area contributed by atoms with Gasteiger partial charge < -0.3 is 5.32 Å². The maximum Gasteiger partial charge on any atom is 0.208 e. The molecule has 0 spiro atoms. The highest BCUT2D eigenvalue weighted by atomic mass is 32.1. The Morgan fingerprint density at radius 1 is 1.46 bits per heavy atom. The SMILES string of the molecule is CC[C@H]1C[C@@H](Nc2ncncc2C(=O)c2cc(C=O)cs2)C[C@@H]1C. The van der Waals surface area contributed by atoms with E-state index in [-0.39, 0.29) is 5.78 Å². The second-order valence-electron chi connectivity index (χ2n) is 6.43. The van der Waals surface area contributed by atoms with E-state index < -0.39 is 0 Å². The van der Waals surface area contributed by atoms with E-state index in [2.05, 4.69) is 29.1 Å². The number of anilines is 1. The molecule has 3 atom stereocenters. The van der Waals surface area contributed by atoms with Crippen LogP contribution in [0.1, 0.15) is 58.7 Å². The molecule has 6 heteroatoms. The Labute approximate surface area is 145 Å². The van der Waals surface area contributed by atoms with Crippen molar-refractivity contribution in [3.8, 4) is 0 Å². The molecule has 0 unspecified atom stereocenters. The Morgan fingerprint density at radius 3 is 2.96 bits per heavy atom. The van der Waals surface area contributed by atoms with Crippen LogP contribution in [0, 0.1) is 11.8 Å². The molecule has 0 bridgehead atoms. The zero-order valence-corrected chi connectivity index (χ0v) is 14.7. The topological polar surface area (TPSA) is 72.0 Å². The van der Waals surface area contributed by atoms with Gasteiger partial charge in [-0.1, -0.05) is 20.3 Å². The lowest BCUT2D eigenvalue weighted by molar-refractivity contribution is 0.104. The van der Waals surface area contributed by atoms with Crippen molar-refractivity contribution in [3.63, 3.8) is 0 Å². The fraction of sp³-hybridized carbons (Fsp3) is 0.444. The van der Waals surface area contributed by atoms with Gasteiger partial charge in [0.1, 0.15) is 12.1 Å². The maximum atomic E-state index is 12.7. The number of carbonyl (C=O) groups is 2. The Morgan fingerprint density at radius 2 is 2.29 bits per heavy atom. The van der Waals surface area contributed by atoms with Crippen molar-refractivity contribution in [1.82, 2.24) is 9.97 Å². The molecule has 0 saturated heterocycles. The fourth-order valence-corrected chi connectivity index (χ4v) is 4.30. The van der Waals surface area contributed by atoms with Crippen molar-refractivity contribution in [3.05, 3.63) is 40.0 Å². The Balaban J connectivity index is 1.80. The number of aldehydes is 1. The summed E-state index contributed by atoms with van der Waals surface area (Å²) >= 11 is 1.27. The minimum atomic E-state index is -0.144. The van der Waals surface area contributed by atoms with Gasteiger partial charge in [0.2, 0.25) is 5.78 Å². The Bertz CT molecular complexity index is 743. The molecule has 1 aliphatic rings. The largest absolute Gasteiger partial charge is 0.367 e. The second-order valence-corrected chi connectivity index (χ2v) is 7.35. The van der Waals surface area contributed by atoms with Crippen molar-refractivity contribution in [2.24, 2.45) is 11.8 Å². The van der Waals surface area contributed by atoms with Crippen LogP contribution in [0.2, 0.25) is 0 Å². The summed E-state index contributed by atoms with van der Waals surface area (Å²) in [5, 5.41) is 5.12. The standard InChI is InChI=1S/C18H21N3O2S/c1-3-13-6-14(4-11(13)2)21-18-15(7-19-10-20-18)17(23)16-5-12(8-22)9-24-16/h5,7-11,13-14H,3-4,6H2,1-2H3,(H,19,20,21)/t11-,13-,14-/m0/s1. The lowest BCUT2D eigenvalue weighted by Crippen LogP contribution is -2.19. The van der Waals surface area contributed by atoms with E-state index in [4.69, 9.17) is 0 Å². The van der Waals surface area contributed by atoms with Gasteiger partial charge in [0.05, 0.1) is 10.4 Å². The number of hydrogen-bond acceptors (Lipinski definition) is 6. The molecule has 2 heterocycles. The lowest BCUT2D eigenvalue weighted by Gasteiger charge is -2.15. The van der Waals surface area contributed by atoms with Gasteiger partial charge in [-0.25, -0.2) is 9.97 Å². The van der Waals surface area contributed by atoms with E-state index >= 15 is 0 Å². The van der Waals surface area contributed by atoms with Crippen molar-refractivity contribution in [1.29, 1.82) is 0 Å². The van der Waals surface area contributed by atoms with Crippen molar-refractivity contribution in [2.45, 2.75) is 39.2 Å². The molecule has 2 aromatic rings. The molecule has 0 aromatic carbocycles. The van der Waals surface area contributed by atoms with Crippen molar-refractivity contribution < 1.29 is 9.59 Å². The summed E-state index contributed by atoms with van der Waals surface area (Å²) in [4.78, 5) is 32.4. The summed E-state index contributed by atoms with van der Waals surface area (Å²) < 4.78 is 0. The molecule has 1 saturated carbocycles. The van der Waals surface area contributed by atoms with Crippen LogP contribution in [0.4, 0.5) is 5.82 Å². The number of thiophene rings is 1. The zero-order chi connectivity index (χ0) is 17.1. The van der Waals surface area contributed by atoms with E-state index in [9.17, 15) is 9.59 Å². The molecule has 3 rings (SSSR count). The van der Waals surface area contributed by atoms with E-state index in [1.807, 2.05) is 0 Å². The summed E-state index contributed by atoms with van der Waals surface area (Å²) in [6.07, 6.45) is 7.12. The third-order valence-corrected chi connectivity index (χ3v) is 5.80. The quantitative estimate of drug-likeness (QED) is 0.638. The predicted octanol–water partition coefficient (Wildman–Crippen LogP) is 3.82. The van der Waals surface area contributed by atoms with Gasteiger partial charge in [-0.3, -0.25) is 9.59 Å². The molecule has 5 nitrogen and oxygen atoms in total. The molecule has 0 aliphatic heterocycles. The summed E-state index contributed by atoms with van der Waals surface area (Å²) in [6.45, 7) is 4.51. The number of aromatic nitrogens is 2. The van der Waals surface area contributed by atoms with Crippen LogP contribution in [-0.4, -0.2) is 28.1 Å². The minimum absolute atomic E-state index is 0.144. The van der Waals surface area contributed by atoms with Crippen LogP contribution >= 0.6 is 11.3 Å². The number of nitrogens with zero attached hydrogens (tertiary/aromatic N) is 2. The van der Waals surface area contributed by atoms with E-state index in [0.717, 1.165) is 25.0 Å². The fourth-order valence-electron chi connectivity index (χ4n) is 3.49. The molecular weight excluding hydrogens is 322 g/mol. The van der Waals surface area contributed by atoms with Crippen LogP contribution in [0.5, 0.6) is 0 Å². The first-order valence-electron chi connectivity index (χ1n) is 8.27. The highest BCUT2D eigenvalue weighted by molar-refractivity contribution is 7.12. The summed E-state index contributed by atoms with van der Waals surface area (Å²) in [6, 6.07) is 1.95. The number of nitrogens with one attached hydrogen (secondary N) is 1. The second kappa shape index (κ2) is 7.21. The van der Waals surface area contributed by atoms with E-state index in [1.54, 1.807) is 17.6 Å². The van der Waals surface area contributed by atoms with Crippen molar-refractivity contribution in [2.75, 3.05) is 5.32 Å². The first kappa shape index (κ1) is 16.8. The zero-order valence-electron chi connectivity index (χ0n) is 13.9. The third-order valence-electron chi connectivity index (χ3n) is 4.85. The van der Waals surface area contributed by atoms with Crippen LogP contribution in [0.3, 0.4) is 0 Å². The summed E-state index contributed by atoms with van der Waals surface area (Å²) in [7, 11) is 0. The minimum Gasteiger partial charge on any atom is -0.367 e. The lowest BCUT2D eigenvalue weighted by atomic mass is 9.96. The molecular formula is C18H21N3O2S. The van der Waals surface area contributed by atoms with Crippen LogP contribution in [0.25, 0.3) is 0 Å². The molecule has 0 radical (unpaired) electrons. The van der Waals surface area contributed by atoms with Crippen molar-refractivity contribution >= 4 is 29.2 Å². The van der Waals surface area contributed by atoms with E-state index in [0.29, 0.717) is 33.8 Å². The monoisotopic (exact) mass is 343 g/mol. The van der Waals surface area contributed by atoms with Gasteiger partial charge >= 0.3 is 0 Å². The Hall–Kier alpha value is -2.08. The van der Waals surface area contributed by atoms with Crippen LogP contribution in [-0.2, 0) is 0 Å². The van der Waals surface area contributed by atoms with Gasteiger partial charge in [-0.2, -0.15) is 0 Å². The van der Waals surface area contributed by atoms with Gasteiger partial charge in [-0.05, 0) is 30.7 Å². The normalized spacial score (nSPS) is 23.2. The average molecular weight is 343 g/mol. The van der Waals surface area contributed by atoms with Gasteiger partial charge in [-0.15, -0.1) is 11.3 Å². The van der Waals surface area contributed by atoms with Crippen LogP contribution in [0.15, 0.2) is 24.0 Å². The average Bonchev–Trinajstić information content (AvgIpc) is 3.21. The molecule has 0 amide bonds. The molecule has 1 fully saturated rings. The first-order valence-corrected chi connectivity index (χ1v) is 9.15. The Kier molecular flexibility index (Phi) is 5.04. The van der Waals surface area contributed by atoms with Crippen LogP contribution < -0.4 is 5.32 Å². The first-order chi connectivity index (χ1) is 11.6. The highest BCUT2D eigenvalue weighted by Crippen LogP contribution is 2.35. The van der Waals surface area contributed by atoms with E-state index in [1.165, 1.54) is 24.1 Å². The summed E-state index contributed by atoms with van der Waals surface area (Å²) in [5.41, 5.74) is 0.981. The number of carbonyl (C=O) groups excluding carboxylic acids is 2. The van der Waals surface area contributed by atoms with Gasteiger partial charge in [0, 0.05) is 23.2 Å². The molecule has 1 N–H and O–H groups in total. The number of ketones is 1. The highest BCUT2D eigenvalue weighted by Gasteiger charge is 2.31. The van der Waals surface area contributed by atoms with Gasteiger partial charge in [0.25, 0.3) is 0 Å².